The van der Waals surface area contributed by atoms with Crippen LogP contribution in [-0.2, 0) is 17.2 Å². The van der Waals surface area contributed by atoms with Gasteiger partial charge in [0.1, 0.15) is 18.1 Å². The van der Waals surface area contributed by atoms with Crippen LogP contribution in [0.15, 0.2) is 72.1 Å². The minimum absolute atomic E-state index is 0.0137. The first-order valence-electron chi connectivity index (χ1n) is 9.06. The van der Waals surface area contributed by atoms with Gasteiger partial charge in [0.25, 0.3) is 5.91 Å². The molecule has 1 aromatic heterocycles. The van der Waals surface area contributed by atoms with Gasteiger partial charge in [0.2, 0.25) is 0 Å². The quantitative estimate of drug-likeness (QED) is 0.461. The molecule has 3 rings (SSSR count). The number of carbonyl (C=O) groups excluding carboxylic acids is 1. The monoisotopic (exact) mass is 413 g/mol. The molecule has 3 aromatic rings. The Morgan fingerprint density at radius 2 is 1.68 bits per heavy atom. The van der Waals surface area contributed by atoms with Crippen LogP contribution in [0.3, 0.4) is 0 Å². The van der Waals surface area contributed by atoms with Crippen LogP contribution >= 0.6 is 23.1 Å². The largest absolute Gasteiger partial charge is 0.489 e. The van der Waals surface area contributed by atoms with E-state index in [0.29, 0.717) is 18.9 Å². The average molecular weight is 414 g/mol. The number of benzene rings is 2. The van der Waals surface area contributed by atoms with Gasteiger partial charge in [0.05, 0.1) is 0 Å². The third kappa shape index (κ3) is 7.29. The molecule has 0 bridgehead atoms. The van der Waals surface area contributed by atoms with Gasteiger partial charge in [-0.25, -0.2) is 0 Å². The van der Waals surface area contributed by atoms with Gasteiger partial charge < -0.3 is 14.8 Å². The fourth-order valence-corrected chi connectivity index (χ4v) is 4.10. The molecule has 0 aliphatic heterocycles. The topological polar surface area (TPSA) is 47.6 Å². The summed E-state index contributed by atoms with van der Waals surface area (Å²) in [5.74, 6) is 3.18. The van der Waals surface area contributed by atoms with Crippen molar-refractivity contribution >= 4 is 29.0 Å². The Morgan fingerprint density at radius 3 is 2.39 bits per heavy atom. The lowest BCUT2D eigenvalue weighted by Gasteiger charge is -2.09. The van der Waals surface area contributed by atoms with Crippen molar-refractivity contribution in [3.8, 4) is 11.5 Å². The van der Waals surface area contributed by atoms with Crippen LogP contribution in [0.25, 0.3) is 0 Å². The highest BCUT2D eigenvalue weighted by molar-refractivity contribution is 7.98. The number of rotatable bonds is 11. The third-order valence-electron chi connectivity index (χ3n) is 3.83. The van der Waals surface area contributed by atoms with Crippen LogP contribution in [0.5, 0.6) is 11.5 Å². The van der Waals surface area contributed by atoms with E-state index in [1.54, 1.807) is 11.3 Å². The molecule has 0 saturated heterocycles. The predicted octanol–water partition coefficient (Wildman–Crippen LogP) is 4.76. The van der Waals surface area contributed by atoms with E-state index in [4.69, 9.17) is 9.47 Å². The molecule has 0 fully saturated rings. The molecule has 1 N–H and O–H groups in total. The summed E-state index contributed by atoms with van der Waals surface area (Å²) in [6.45, 7) is 1.18. The Balaban J connectivity index is 1.29. The van der Waals surface area contributed by atoms with Gasteiger partial charge in [-0.15, -0.1) is 11.3 Å². The highest BCUT2D eigenvalue weighted by Gasteiger charge is 2.03. The smallest absolute Gasteiger partial charge is 0.257 e. The van der Waals surface area contributed by atoms with Gasteiger partial charge in [-0.3, -0.25) is 4.79 Å². The molecule has 0 saturated carbocycles. The molecular formula is C22H23NO3S2. The number of hydrogen-bond donors (Lipinski definition) is 1. The van der Waals surface area contributed by atoms with Crippen molar-refractivity contribution in [2.75, 3.05) is 18.9 Å². The minimum Gasteiger partial charge on any atom is -0.489 e. The van der Waals surface area contributed by atoms with Gasteiger partial charge in [-0.05, 0) is 41.3 Å². The van der Waals surface area contributed by atoms with E-state index < -0.39 is 0 Å². The number of hydrogen-bond acceptors (Lipinski definition) is 5. The van der Waals surface area contributed by atoms with Gasteiger partial charge >= 0.3 is 0 Å². The second-order valence-electron chi connectivity index (χ2n) is 6.02. The van der Waals surface area contributed by atoms with Gasteiger partial charge in [-0.1, -0.05) is 36.4 Å². The van der Waals surface area contributed by atoms with Crippen LogP contribution in [-0.4, -0.2) is 24.8 Å². The maximum Gasteiger partial charge on any atom is 0.257 e. The summed E-state index contributed by atoms with van der Waals surface area (Å²) in [5, 5.41) is 4.96. The number of nitrogens with one attached hydrogen (secondary N) is 1. The van der Waals surface area contributed by atoms with E-state index in [9.17, 15) is 4.79 Å². The highest BCUT2D eigenvalue weighted by atomic mass is 32.2. The zero-order valence-electron chi connectivity index (χ0n) is 15.5. The summed E-state index contributed by atoms with van der Waals surface area (Å²) in [7, 11) is 0. The van der Waals surface area contributed by atoms with Crippen molar-refractivity contribution < 1.29 is 14.3 Å². The minimum atomic E-state index is -0.110. The Morgan fingerprint density at radius 1 is 0.929 bits per heavy atom. The first-order valence-corrected chi connectivity index (χ1v) is 11.1. The Kier molecular flexibility index (Phi) is 8.27. The number of carbonyl (C=O) groups is 1. The zero-order chi connectivity index (χ0) is 19.4. The van der Waals surface area contributed by atoms with Crippen LogP contribution in [0.4, 0.5) is 0 Å². The summed E-state index contributed by atoms with van der Waals surface area (Å²) in [6, 6.07) is 21.5. The van der Waals surface area contributed by atoms with Crippen molar-refractivity contribution in [2.45, 2.75) is 12.4 Å². The summed E-state index contributed by atoms with van der Waals surface area (Å²) >= 11 is 3.57. The molecule has 0 unspecified atom stereocenters. The SMILES string of the molecule is O=C(COc1ccc(OCc2ccccc2)cc1)NCCSCc1cccs1. The molecule has 4 nitrogen and oxygen atoms in total. The molecule has 2 aromatic carbocycles. The van der Waals surface area contributed by atoms with Gasteiger partial charge in [-0.2, -0.15) is 11.8 Å². The first-order chi connectivity index (χ1) is 13.8. The van der Waals surface area contributed by atoms with Crippen molar-refractivity contribution in [3.63, 3.8) is 0 Å². The molecular weight excluding hydrogens is 390 g/mol. The van der Waals surface area contributed by atoms with E-state index in [1.807, 2.05) is 66.4 Å². The van der Waals surface area contributed by atoms with E-state index in [-0.39, 0.29) is 12.5 Å². The zero-order valence-corrected chi connectivity index (χ0v) is 17.1. The molecule has 0 spiro atoms. The van der Waals surface area contributed by atoms with E-state index >= 15 is 0 Å². The van der Waals surface area contributed by atoms with Crippen molar-refractivity contribution in [2.24, 2.45) is 0 Å². The molecule has 0 atom stereocenters. The van der Waals surface area contributed by atoms with Crippen LogP contribution in [0, 0.1) is 0 Å². The lowest BCUT2D eigenvalue weighted by Crippen LogP contribution is -2.30. The number of ether oxygens (including phenoxy) is 2. The molecule has 1 amide bonds. The molecule has 0 aliphatic carbocycles. The standard InChI is InChI=1S/C22H23NO3S2/c24-22(23-12-14-27-17-21-7-4-13-28-21)16-26-20-10-8-19(9-11-20)25-15-18-5-2-1-3-6-18/h1-11,13H,12,14-17H2,(H,23,24). The summed E-state index contributed by atoms with van der Waals surface area (Å²) in [5.41, 5.74) is 1.12. The Bertz CT molecular complexity index is 821. The highest BCUT2D eigenvalue weighted by Crippen LogP contribution is 2.19. The van der Waals surface area contributed by atoms with Crippen LogP contribution in [0.2, 0.25) is 0 Å². The number of thioether (sulfide) groups is 1. The van der Waals surface area contributed by atoms with Gasteiger partial charge in [0.15, 0.2) is 6.61 Å². The second kappa shape index (κ2) is 11.4. The predicted molar refractivity (Wildman–Crippen MR) is 116 cm³/mol. The summed E-state index contributed by atoms with van der Waals surface area (Å²) in [6.07, 6.45) is 0. The van der Waals surface area contributed by atoms with Crippen LogP contribution in [0.1, 0.15) is 10.4 Å². The van der Waals surface area contributed by atoms with Crippen LogP contribution < -0.4 is 14.8 Å². The molecule has 28 heavy (non-hydrogen) atoms. The van der Waals surface area contributed by atoms with E-state index in [1.165, 1.54) is 4.88 Å². The van der Waals surface area contributed by atoms with Gasteiger partial charge in [0, 0.05) is 22.9 Å². The average Bonchev–Trinajstić information content (AvgIpc) is 3.25. The molecule has 1 heterocycles. The summed E-state index contributed by atoms with van der Waals surface area (Å²) < 4.78 is 11.3. The normalized spacial score (nSPS) is 10.4. The van der Waals surface area contributed by atoms with E-state index in [0.717, 1.165) is 22.8 Å². The lowest BCUT2D eigenvalue weighted by atomic mass is 10.2. The molecule has 6 heteroatoms. The first kappa shape index (κ1) is 20.3. The summed E-state index contributed by atoms with van der Waals surface area (Å²) in [4.78, 5) is 13.2. The molecule has 0 radical (unpaired) electrons. The van der Waals surface area contributed by atoms with E-state index in [2.05, 4.69) is 22.8 Å². The third-order valence-corrected chi connectivity index (χ3v) is 5.90. The van der Waals surface area contributed by atoms with Crippen molar-refractivity contribution in [1.29, 1.82) is 0 Å². The van der Waals surface area contributed by atoms with Crippen molar-refractivity contribution in [1.82, 2.24) is 5.32 Å². The lowest BCUT2D eigenvalue weighted by molar-refractivity contribution is -0.122. The second-order valence-corrected chi connectivity index (χ2v) is 8.15. The molecule has 146 valence electrons. The maximum absolute atomic E-state index is 11.9. The fourth-order valence-electron chi connectivity index (χ4n) is 2.40. The Labute approximate surface area is 173 Å². The van der Waals surface area contributed by atoms with Crippen molar-refractivity contribution in [3.05, 3.63) is 82.6 Å². The number of thiophene rings is 1. The number of amides is 1. The Hall–Kier alpha value is -2.44. The molecule has 0 aliphatic rings. The fraction of sp³-hybridized carbons (Fsp3) is 0.227. The maximum atomic E-state index is 11.9.